The zero-order valence-corrected chi connectivity index (χ0v) is 60.0. The van der Waals surface area contributed by atoms with Gasteiger partial charge in [-0.1, -0.05) is 241 Å². The van der Waals surface area contributed by atoms with Crippen LogP contribution in [0, 0.1) is 10.8 Å². The van der Waals surface area contributed by atoms with Crippen LogP contribution in [0.1, 0.15) is 240 Å². The number of aliphatic imine (C=N–C) groups is 2. The van der Waals surface area contributed by atoms with Crippen LogP contribution in [0.3, 0.4) is 0 Å². The van der Waals surface area contributed by atoms with E-state index < -0.39 is 0 Å². The Balaban J connectivity index is 0.000000503. The second-order valence-corrected chi connectivity index (χ2v) is 30.4. The van der Waals surface area contributed by atoms with Gasteiger partial charge in [-0.05, 0) is 87.5 Å². The third-order valence-corrected chi connectivity index (χ3v) is 14.1. The van der Waals surface area contributed by atoms with Crippen LogP contribution in [0.15, 0.2) is 152 Å². The molecule has 14 heteroatoms. The summed E-state index contributed by atoms with van der Waals surface area (Å²) in [5, 5.41) is 12.8. The summed E-state index contributed by atoms with van der Waals surface area (Å²) in [6.07, 6.45) is 24.3. The maximum Gasteiger partial charge on any atom is 0.218 e. The van der Waals surface area contributed by atoms with Gasteiger partial charge in [0.05, 0.1) is 35.5 Å². The average molecular weight is 1240 g/mol. The fraction of sp³-hybridized carbons (Fsp3) is 0.459. The van der Waals surface area contributed by atoms with E-state index in [0.29, 0.717) is 11.8 Å². The third kappa shape index (κ3) is 27.5. The first kappa shape index (κ1) is 78.9. The molecule has 0 aliphatic carbocycles. The van der Waals surface area contributed by atoms with Crippen LogP contribution in [-0.4, -0.2) is 47.6 Å². The number of hydrogen-bond donors (Lipinski definition) is 0. The van der Waals surface area contributed by atoms with Crippen molar-refractivity contribution in [3.63, 3.8) is 0 Å². The van der Waals surface area contributed by atoms with E-state index in [-0.39, 0.29) is 43.3 Å². The zero-order valence-electron chi connectivity index (χ0n) is 58.3. The number of nitrogens with zero attached hydrogens (tertiary/aromatic N) is 8. The van der Waals surface area contributed by atoms with E-state index in [2.05, 4.69) is 281 Å². The minimum atomic E-state index is 0.0360. The van der Waals surface area contributed by atoms with E-state index in [1.165, 1.54) is 28.4 Å². The van der Waals surface area contributed by atoms with E-state index in [1.807, 2.05) is 24.3 Å². The fourth-order valence-corrected chi connectivity index (χ4v) is 8.97. The topological polar surface area (TPSA) is 155 Å². The molecule has 2 aliphatic rings. The van der Waals surface area contributed by atoms with Gasteiger partial charge in [0, 0.05) is 67.3 Å². The third-order valence-electron chi connectivity index (χ3n) is 12.6. The lowest BCUT2D eigenvalue weighted by molar-refractivity contribution is 0.328. The van der Waals surface area contributed by atoms with E-state index in [1.54, 1.807) is 60.4 Å². The Kier molecular flexibility index (Phi) is 30.5. The largest absolute Gasteiger partial charge is 0.445 e. The van der Waals surface area contributed by atoms with Crippen LogP contribution >= 0.6 is 22.9 Å². The number of allylic oxidation sites excluding steroid dienone is 5. The monoisotopic (exact) mass is 1240 g/mol. The predicted molar refractivity (Wildman–Crippen MR) is 383 cm³/mol. The predicted octanol–water partition coefficient (Wildman–Crippen LogP) is 22.2. The molecule has 12 nitrogen and oxygen atoms in total. The van der Waals surface area contributed by atoms with Crippen LogP contribution in [-0.2, 0) is 32.5 Å². The molecule has 480 valence electrons. The lowest BCUT2D eigenvalue weighted by atomic mass is 9.84. The highest BCUT2D eigenvalue weighted by Gasteiger charge is 2.25. The molecule has 0 aromatic carbocycles. The number of aromatic nitrogens is 6. The minimum Gasteiger partial charge on any atom is -0.445 e. The molecule has 88 heavy (non-hydrogen) atoms. The SMILES string of the molecule is C=CC1=NC(C(C)(C)C)=CC1.C=CC1=NCC=C1C(C)(C)C.C=Cc1cc(C(C)(C)C)on1.C=Cc1nc(C(C)(C)C)co1.C=Cc1nc(C(C)(C)C)cs1.C=Cc1ncc(C(C)(C)C)o1.C=Cc1nocc1C(C)(C)C.C=Cc1nscc1C(C)(C)C. The molecule has 0 N–H and O–H groups in total. The van der Waals surface area contributed by atoms with Crippen molar-refractivity contribution in [2.75, 3.05) is 6.54 Å². The Morgan fingerprint density at radius 2 is 1.08 bits per heavy atom. The molecule has 0 saturated heterocycles. The van der Waals surface area contributed by atoms with Crippen LogP contribution < -0.4 is 0 Å². The lowest BCUT2D eigenvalue weighted by Gasteiger charge is -2.20. The highest BCUT2D eigenvalue weighted by molar-refractivity contribution is 7.10. The summed E-state index contributed by atoms with van der Waals surface area (Å²) in [6.45, 7) is 81.3. The van der Waals surface area contributed by atoms with Gasteiger partial charge in [0.15, 0.2) is 0 Å². The van der Waals surface area contributed by atoms with E-state index in [4.69, 9.17) is 17.9 Å². The lowest BCUT2D eigenvalue weighted by Crippen LogP contribution is -2.14. The van der Waals surface area contributed by atoms with Crippen molar-refractivity contribution in [2.45, 2.75) is 205 Å². The molecule has 0 unspecified atom stereocenters. The maximum absolute atomic E-state index is 5.37. The summed E-state index contributed by atoms with van der Waals surface area (Å²) in [5.74, 6) is 2.98. The first-order chi connectivity index (χ1) is 40.3. The maximum atomic E-state index is 5.37. The van der Waals surface area contributed by atoms with Gasteiger partial charge >= 0.3 is 0 Å². The average Bonchev–Trinajstić information content (AvgIpc) is 4.32. The zero-order chi connectivity index (χ0) is 67.9. The first-order valence-corrected chi connectivity index (χ1v) is 31.4. The molecule has 6 aromatic rings. The number of rotatable bonds is 8. The Morgan fingerprint density at radius 3 is 1.39 bits per heavy atom. The van der Waals surface area contributed by atoms with E-state index in [9.17, 15) is 0 Å². The number of oxazole rings is 2. The summed E-state index contributed by atoms with van der Waals surface area (Å²) in [7, 11) is 0. The minimum absolute atomic E-state index is 0.0360. The van der Waals surface area contributed by atoms with E-state index >= 15 is 0 Å². The van der Waals surface area contributed by atoms with Gasteiger partial charge in [-0.15, -0.1) is 11.3 Å². The molecule has 2 aliphatic heterocycles. The molecule has 0 saturated carbocycles. The molecule has 0 bridgehead atoms. The molecule has 0 atom stereocenters. The summed E-state index contributed by atoms with van der Waals surface area (Å²) < 4.78 is 24.6. The van der Waals surface area contributed by atoms with Gasteiger partial charge in [-0.25, -0.2) is 15.0 Å². The van der Waals surface area contributed by atoms with Crippen molar-refractivity contribution in [1.29, 1.82) is 0 Å². The molecule has 8 heterocycles. The molecule has 8 rings (SSSR count). The normalized spacial score (nSPS) is 13.1. The number of hydrogen-bond acceptors (Lipinski definition) is 14. The molecule has 0 fully saturated rings. The summed E-state index contributed by atoms with van der Waals surface area (Å²) in [5.41, 5.74) is 12.8. The highest BCUT2D eigenvalue weighted by Crippen LogP contribution is 2.32. The smallest absolute Gasteiger partial charge is 0.218 e. The van der Waals surface area contributed by atoms with Gasteiger partial charge in [0.2, 0.25) is 11.8 Å². The standard InChI is InChI=1S/2C10H15N.4C9H13NO.2C9H13NS/c1-5-9-8(6-7-11-9)10(2,3)4;1-5-8-6-7-9(11-8)10(2,3)4;1-5-8-10-7(6-11-8)9(2,3)4;1-5-8-10-6-7(11-8)9(2,3)4;1-5-8-7(6-11-10-8)9(2,3)4;1-5-7-6-8(11-10-7)9(2,3)4;1-5-8-10-7(6-11-8)9(2,3)4;1-5-8-7(6-11-10-8)9(2,3)4/h5-6H,1,7H2,2-4H3;5,7H,1,6H2,2-4H3;6*5-6H,1H2,2-4H3. The number of thiazole rings is 1. The first-order valence-electron chi connectivity index (χ1n) is 29.6. The van der Waals surface area contributed by atoms with Crippen molar-refractivity contribution >= 4 is 70.7 Å². The fourth-order valence-electron chi connectivity index (χ4n) is 7.17. The second-order valence-electron chi connectivity index (χ2n) is 28.9. The van der Waals surface area contributed by atoms with Crippen molar-refractivity contribution in [3.05, 3.63) is 192 Å². The van der Waals surface area contributed by atoms with Crippen LogP contribution in [0.2, 0.25) is 0 Å². The molecular formula is C74H108N8O4S2. The quantitative estimate of drug-likeness (QED) is 0.144. The Morgan fingerprint density at radius 1 is 0.500 bits per heavy atom. The highest BCUT2D eigenvalue weighted by atomic mass is 32.1. The Labute approximate surface area is 539 Å². The Bertz CT molecular complexity index is 3030. The summed E-state index contributed by atoms with van der Waals surface area (Å²) >= 11 is 3.14. The van der Waals surface area contributed by atoms with Gasteiger partial charge in [0.25, 0.3) is 0 Å². The molecular weight excluding hydrogens is 1130 g/mol. The summed E-state index contributed by atoms with van der Waals surface area (Å²) in [4.78, 5) is 21.4. The summed E-state index contributed by atoms with van der Waals surface area (Å²) in [6, 6.07) is 1.91. The van der Waals surface area contributed by atoms with Crippen molar-refractivity contribution in [1.82, 2.24) is 29.6 Å². The van der Waals surface area contributed by atoms with Crippen molar-refractivity contribution in [2.24, 2.45) is 20.8 Å². The molecule has 0 spiro atoms. The van der Waals surface area contributed by atoms with Crippen LogP contribution in [0.5, 0.6) is 0 Å². The molecule has 6 aromatic heterocycles. The van der Waals surface area contributed by atoms with Gasteiger partial charge in [-0.2, -0.15) is 4.37 Å². The van der Waals surface area contributed by atoms with E-state index in [0.717, 1.165) is 75.0 Å². The molecule has 0 amide bonds. The van der Waals surface area contributed by atoms with Crippen LogP contribution in [0.25, 0.3) is 36.5 Å². The molecule has 0 radical (unpaired) electrons. The van der Waals surface area contributed by atoms with Gasteiger partial charge in [-0.3, -0.25) is 9.98 Å². The second kappa shape index (κ2) is 34.0. The van der Waals surface area contributed by atoms with Crippen molar-refractivity contribution < 1.29 is 17.9 Å². The van der Waals surface area contributed by atoms with Crippen LogP contribution in [0.4, 0.5) is 0 Å². The van der Waals surface area contributed by atoms with Gasteiger partial charge in [0.1, 0.15) is 40.4 Å². The Hall–Kier alpha value is -7.16. The van der Waals surface area contributed by atoms with Crippen molar-refractivity contribution in [3.8, 4) is 0 Å². The van der Waals surface area contributed by atoms with Gasteiger partial charge < -0.3 is 17.9 Å².